The van der Waals surface area contributed by atoms with Crippen LogP contribution in [-0.4, -0.2) is 25.6 Å². The van der Waals surface area contributed by atoms with Gasteiger partial charge in [0.25, 0.3) is 0 Å². The van der Waals surface area contributed by atoms with E-state index in [1.807, 2.05) is 23.9 Å². The lowest BCUT2D eigenvalue weighted by Crippen LogP contribution is -1.90. The van der Waals surface area contributed by atoms with Gasteiger partial charge in [0.2, 0.25) is 0 Å². The Morgan fingerprint density at radius 3 is 2.71 bits per heavy atom. The molecule has 1 aliphatic rings. The van der Waals surface area contributed by atoms with Crippen molar-refractivity contribution < 1.29 is 9.47 Å². The first-order valence-electron chi connectivity index (χ1n) is 4.71. The molecule has 1 aromatic rings. The molecule has 2 nitrogen and oxygen atoms in total. The lowest BCUT2D eigenvalue weighted by Gasteiger charge is -2.02. The molecule has 0 aliphatic carbocycles. The summed E-state index contributed by atoms with van der Waals surface area (Å²) in [6.07, 6.45) is 0.526. The van der Waals surface area contributed by atoms with Crippen LogP contribution in [0.15, 0.2) is 24.3 Å². The van der Waals surface area contributed by atoms with Crippen LogP contribution < -0.4 is 4.74 Å². The number of hydrogen-bond donors (Lipinski definition) is 0. The monoisotopic (exact) mass is 210 g/mol. The highest BCUT2D eigenvalue weighted by molar-refractivity contribution is 7.98. The Morgan fingerprint density at radius 1 is 1.43 bits per heavy atom. The zero-order valence-electron chi connectivity index (χ0n) is 8.23. The van der Waals surface area contributed by atoms with Crippen LogP contribution in [0.5, 0.6) is 5.75 Å². The molecule has 1 heterocycles. The SMILES string of the molecule is COc1ccc(CSCC2CO2)cc1. The number of benzene rings is 1. The van der Waals surface area contributed by atoms with E-state index in [-0.39, 0.29) is 0 Å². The van der Waals surface area contributed by atoms with E-state index in [0.29, 0.717) is 6.10 Å². The van der Waals surface area contributed by atoms with E-state index in [1.54, 1.807) is 7.11 Å². The molecule has 0 spiro atoms. The molecular formula is C11H14O2S. The maximum Gasteiger partial charge on any atom is 0.118 e. The molecule has 0 amide bonds. The minimum atomic E-state index is 0.526. The smallest absolute Gasteiger partial charge is 0.118 e. The van der Waals surface area contributed by atoms with Crippen molar-refractivity contribution in [3.05, 3.63) is 29.8 Å². The first-order chi connectivity index (χ1) is 6.88. The van der Waals surface area contributed by atoms with E-state index in [9.17, 15) is 0 Å². The Labute approximate surface area is 88.6 Å². The van der Waals surface area contributed by atoms with Gasteiger partial charge in [0.05, 0.1) is 19.8 Å². The third-order valence-electron chi connectivity index (χ3n) is 2.13. The van der Waals surface area contributed by atoms with Crippen LogP contribution in [0.3, 0.4) is 0 Å². The highest BCUT2D eigenvalue weighted by atomic mass is 32.2. The fourth-order valence-corrected chi connectivity index (χ4v) is 2.20. The fourth-order valence-electron chi connectivity index (χ4n) is 1.19. The van der Waals surface area contributed by atoms with Crippen LogP contribution in [0.25, 0.3) is 0 Å². The van der Waals surface area contributed by atoms with E-state index in [1.165, 1.54) is 5.56 Å². The standard InChI is InChI=1S/C11H14O2S/c1-12-10-4-2-9(3-5-10)7-14-8-11-6-13-11/h2-5,11H,6-8H2,1H3. The molecule has 1 fully saturated rings. The Kier molecular flexibility index (Phi) is 3.32. The molecule has 2 rings (SSSR count). The molecule has 1 unspecified atom stereocenters. The van der Waals surface area contributed by atoms with Gasteiger partial charge in [-0.1, -0.05) is 12.1 Å². The van der Waals surface area contributed by atoms with Gasteiger partial charge in [-0.05, 0) is 17.7 Å². The normalized spacial score (nSPS) is 19.4. The minimum Gasteiger partial charge on any atom is -0.497 e. The third-order valence-corrected chi connectivity index (χ3v) is 3.28. The summed E-state index contributed by atoms with van der Waals surface area (Å²) < 4.78 is 10.2. The second-order valence-corrected chi connectivity index (χ2v) is 4.35. The summed E-state index contributed by atoms with van der Waals surface area (Å²) in [4.78, 5) is 0. The molecule has 0 saturated carbocycles. The van der Waals surface area contributed by atoms with E-state index < -0.39 is 0 Å². The summed E-state index contributed by atoms with van der Waals surface area (Å²) in [5.41, 5.74) is 1.34. The Balaban J connectivity index is 1.77. The summed E-state index contributed by atoms with van der Waals surface area (Å²) in [5, 5.41) is 0. The van der Waals surface area contributed by atoms with E-state index >= 15 is 0 Å². The number of methoxy groups -OCH3 is 1. The van der Waals surface area contributed by atoms with Gasteiger partial charge in [0.1, 0.15) is 5.75 Å². The maximum absolute atomic E-state index is 5.14. The first kappa shape index (κ1) is 9.87. The zero-order chi connectivity index (χ0) is 9.80. The van der Waals surface area contributed by atoms with E-state index in [4.69, 9.17) is 9.47 Å². The second-order valence-electron chi connectivity index (χ2n) is 3.32. The predicted molar refractivity (Wildman–Crippen MR) is 58.9 cm³/mol. The van der Waals surface area contributed by atoms with Crippen molar-refractivity contribution in [2.24, 2.45) is 0 Å². The molecule has 1 aliphatic heterocycles. The van der Waals surface area contributed by atoms with Gasteiger partial charge in [-0.15, -0.1) is 0 Å². The topological polar surface area (TPSA) is 21.8 Å². The number of epoxide rings is 1. The molecule has 1 aromatic carbocycles. The number of hydrogen-bond acceptors (Lipinski definition) is 3. The van der Waals surface area contributed by atoms with Gasteiger partial charge in [-0.25, -0.2) is 0 Å². The van der Waals surface area contributed by atoms with Crippen LogP contribution in [0.2, 0.25) is 0 Å². The van der Waals surface area contributed by atoms with Crippen LogP contribution in [0.1, 0.15) is 5.56 Å². The molecule has 14 heavy (non-hydrogen) atoms. The lowest BCUT2D eigenvalue weighted by molar-refractivity contribution is 0.414. The summed E-state index contributed by atoms with van der Waals surface area (Å²) in [7, 11) is 1.69. The minimum absolute atomic E-state index is 0.526. The van der Waals surface area contributed by atoms with Crippen molar-refractivity contribution >= 4 is 11.8 Å². The van der Waals surface area contributed by atoms with Crippen LogP contribution in [-0.2, 0) is 10.5 Å². The van der Waals surface area contributed by atoms with Crippen molar-refractivity contribution in [3.8, 4) is 5.75 Å². The quantitative estimate of drug-likeness (QED) is 0.696. The zero-order valence-corrected chi connectivity index (χ0v) is 9.05. The molecule has 1 saturated heterocycles. The molecule has 0 radical (unpaired) electrons. The number of ether oxygens (including phenoxy) is 2. The molecule has 0 bridgehead atoms. The molecular weight excluding hydrogens is 196 g/mol. The van der Waals surface area contributed by atoms with Crippen LogP contribution in [0, 0.1) is 0 Å². The first-order valence-corrected chi connectivity index (χ1v) is 5.86. The van der Waals surface area contributed by atoms with Crippen molar-refractivity contribution in [1.82, 2.24) is 0 Å². The lowest BCUT2D eigenvalue weighted by atomic mass is 10.2. The molecule has 76 valence electrons. The van der Waals surface area contributed by atoms with Crippen molar-refractivity contribution in [1.29, 1.82) is 0 Å². The number of thioether (sulfide) groups is 1. The summed E-state index contributed by atoms with van der Waals surface area (Å²) in [5.74, 6) is 3.10. The maximum atomic E-state index is 5.14. The third kappa shape index (κ3) is 2.93. The Morgan fingerprint density at radius 2 is 2.14 bits per heavy atom. The van der Waals surface area contributed by atoms with Crippen molar-refractivity contribution in [3.63, 3.8) is 0 Å². The summed E-state index contributed by atoms with van der Waals surface area (Å²) in [6.45, 7) is 0.954. The van der Waals surface area contributed by atoms with Crippen LogP contribution >= 0.6 is 11.8 Å². The molecule has 0 aromatic heterocycles. The highest BCUT2D eigenvalue weighted by Crippen LogP contribution is 2.21. The average molecular weight is 210 g/mol. The highest BCUT2D eigenvalue weighted by Gasteiger charge is 2.21. The van der Waals surface area contributed by atoms with Gasteiger partial charge in [0, 0.05) is 11.5 Å². The van der Waals surface area contributed by atoms with Gasteiger partial charge in [0.15, 0.2) is 0 Å². The van der Waals surface area contributed by atoms with Crippen LogP contribution in [0.4, 0.5) is 0 Å². The summed E-state index contributed by atoms with van der Waals surface area (Å²) >= 11 is 1.92. The average Bonchev–Trinajstić information content (AvgIpc) is 3.03. The predicted octanol–water partition coefficient (Wildman–Crippen LogP) is 2.33. The van der Waals surface area contributed by atoms with Gasteiger partial charge < -0.3 is 9.47 Å². The Hall–Kier alpha value is -0.670. The Bertz CT molecular complexity index is 280. The fraction of sp³-hybridized carbons (Fsp3) is 0.455. The van der Waals surface area contributed by atoms with Gasteiger partial charge in [-0.3, -0.25) is 0 Å². The van der Waals surface area contributed by atoms with Gasteiger partial charge in [-0.2, -0.15) is 11.8 Å². The molecule has 1 atom stereocenters. The summed E-state index contributed by atoms with van der Waals surface area (Å²) in [6, 6.07) is 8.23. The second kappa shape index (κ2) is 4.71. The van der Waals surface area contributed by atoms with Gasteiger partial charge >= 0.3 is 0 Å². The van der Waals surface area contributed by atoms with Crippen molar-refractivity contribution in [2.75, 3.05) is 19.5 Å². The largest absolute Gasteiger partial charge is 0.497 e. The van der Waals surface area contributed by atoms with E-state index in [2.05, 4.69) is 12.1 Å². The molecule has 3 heteroatoms. The van der Waals surface area contributed by atoms with E-state index in [0.717, 1.165) is 23.9 Å². The molecule has 0 N–H and O–H groups in total. The van der Waals surface area contributed by atoms with Crippen molar-refractivity contribution in [2.45, 2.75) is 11.9 Å². The number of rotatable bonds is 5.